The Labute approximate surface area is 209 Å². The van der Waals surface area contributed by atoms with Crippen LogP contribution < -0.4 is 4.90 Å². The number of aryl methyl sites for hydroxylation is 2. The maximum absolute atomic E-state index is 13.5. The SMILES string of the molecule is Cc1ccc(N2CCN(C(=O)[C@H]3CCCN(Cc4nc5ccccc5n4C(C)C)C3)CC2)c(C)c1. The number of carbonyl (C=O) groups excluding carboxylic acids is 1. The highest BCUT2D eigenvalue weighted by Gasteiger charge is 2.32. The lowest BCUT2D eigenvalue weighted by Gasteiger charge is -2.40. The number of nitrogens with zero attached hydrogens (tertiary/aromatic N) is 5. The van der Waals surface area contributed by atoms with Crippen LogP contribution in [0, 0.1) is 19.8 Å². The van der Waals surface area contributed by atoms with E-state index in [-0.39, 0.29) is 5.92 Å². The van der Waals surface area contributed by atoms with Gasteiger partial charge in [-0.15, -0.1) is 0 Å². The summed E-state index contributed by atoms with van der Waals surface area (Å²) >= 11 is 0. The van der Waals surface area contributed by atoms with Crippen LogP contribution in [0.15, 0.2) is 42.5 Å². The van der Waals surface area contributed by atoms with Crippen molar-refractivity contribution in [1.29, 1.82) is 0 Å². The third kappa shape index (κ3) is 4.94. The number of piperazine rings is 1. The first kappa shape index (κ1) is 23.9. The number of hydrogen-bond acceptors (Lipinski definition) is 4. The Morgan fingerprint density at radius 1 is 1.03 bits per heavy atom. The van der Waals surface area contributed by atoms with E-state index >= 15 is 0 Å². The van der Waals surface area contributed by atoms with E-state index in [0.717, 1.165) is 70.0 Å². The fourth-order valence-electron chi connectivity index (χ4n) is 5.97. The average Bonchev–Trinajstić information content (AvgIpc) is 3.22. The second-order valence-electron chi connectivity index (χ2n) is 10.7. The minimum atomic E-state index is 0.0910. The van der Waals surface area contributed by atoms with Crippen molar-refractivity contribution in [3.05, 3.63) is 59.4 Å². The van der Waals surface area contributed by atoms with Gasteiger partial charge in [-0.1, -0.05) is 29.8 Å². The summed E-state index contributed by atoms with van der Waals surface area (Å²) in [5, 5.41) is 0. The molecule has 0 aliphatic carbocycles. The van der Waals surface area contributed by atoms with E-state index in [9.17, 15) is 4.79 Å². The van der Waals surface area contributed by atoms with Crippen LogP contribution in [-0.2, 0) is 11.3 Å². The second kappa shape index (κ2) is 10.0. The van der Waals surface area contributed by atoms with Gasteiger partial charge in [0, 0.05) is 44.5 Å². The number of carbonyl (C=O) groups is 1. The number of para-hydroxylation sites is 2. The maximum atomic E-state index is 13.5. The van der Waals surface area contributed by atoms with E-state index in [4.69, 9.17) is 4.98 Å². The van der Waals surface area contributed by atoms with Gasteiger partial charge in [0.1, 0.15) is 5.82 Å². The van der Waals surface area contributed by atoms with E-state index < -0.39 is 0 Å². The molecule has 2 saturated heterocycles. The summed E-state index contributed by atoms with van der Waals surface area (Å²) in [6.07, 6.45) is 2.06. The van der Waals surface area contributed by atoms with E-state index in [1.807, 2.05) is 0 Å². The fraction of sp³-hybridized carbons (Fsp3) is 0.517. The molecule has 3 heterocycles. The molecule has 186 valence electrons. The Kier molecular flexibility index (Phi) is 6.83. The van der Waals surface area contributed by atoms with Crippen LogP contribution in [0.2, 0.25) is 0 Å². The monoisotopic (exact) mass is 473 g/mol. The first-order valence-electron chi connectivity index (χ1n) is 13.2. The normalized spacial score (nSPS) is 19.6. The molecular weight excluding hydrogens is 434 g/mol. The van der Waals surface area contributed by atoms with E-state index in [2.05, 4.69) is 89.4 Å². The van der Waals surface area contributed by atoms with Gasteiger partial charge in [-0.2, -0.15) is 0 Å². The second-order valence-corrected chi connectivity index (χ2v) is 10.7. The summed E-state index contributed by atoms with van der Waals surface area (Å²) in [4.78, 5) is 25.4. The molecule has 2 aliphatic heterocycles. The molecule has 1 atom stereocenters. The molecule has 1 amide bonds. The molecule has 3 aromatic rings. The van der Waals surface area contributed by atoms with Gasteiger partial charge in [0.2, 0.25) is 5.91 Å². The highest BCUT2D eigenvalue weighted by atomic mass is 16.2. The smallest absolute Gasteiger partial charge is 0.227 e. The Morgan fingerprint density at radius 3 is 2.54 bits per heavy atom. The lowest BCUT2D eigenvalue weighted by Crippen LogP contribution is -2.52. The maximum Gasteiger partial charge on any atom is 0.227 e. The van der Waals surface area contributed by atoms with E-state index in [0.29, 0.717) is 11.9 Å². The highest BCUT2D eigenvalue weighted by Crippen LogP contribution is 2.27. The highest BCUT2D eigenvalue weighted by molar-refractivity contribution is 5.79. The number of piperidine rings is 1. The van der Waals surface area contributed by atoms with Crippen LogP contribution in [0.4, 0.5) is 5.69 Å². The summed E-state index contributed by atoms with van der Waals surface area (Å²) in [5.74, 6) is 1.54. The molecule has 0 bridgehead atoms. The van der Waals surface area contributed by atoms with E-state index in [1.165, 1.54) is 22.3 Å². The number of hydrogen-bond donors (Lipinski definition) is 0. The van der Waals surface area contributed by atoms with Crippen molar-refractivity contribution < 1.29 is 4.79 Å². The van der Waals surface area contributed by atoms with Gasteiger partial charge >= 0.3 is 0 Å². The zero-order chi connectivity index (χ0) is 24.5. The number of amides is 1. The summed E-state index contributed by atoms with van der Waals surface area (Å²) in [6.45, 7) is 14.9. The van der Waals surface area contributed by atoms with Gasteiger partial charge < -0.3 is 14.4 Å². The number of rotatable bonds is 5. The molecule has 0 N–H and O–H groups in total. The lowest BCUT2D eigenvalue weighted by atomic mass is 9.96. The average molecular weight is 474 g/mol. The Hall–Kier alpha value is -2.86. The topological polar surface area (TPSA) is 44.6 Å². The van der Waals surface area contributed by atoms with Gasteiger partial charge in [-0.05, 0) is 70.8 Å². The molecule has 0 radical (unpaired) electrons. The van der Waals surface area contributed by atoms with Crippen molar-refractivity contribution in [1.82, 2.24) is 19.4 Å². The molecular formula is C29H39N5O. The van der Waals surface area contributed by atoms with Crippen LogP contribution in [-0.4, -0.2) is 64.5 Å². The summed E-state index contributed by atoms with van der Waals surface area (Å²) in [6, 6.07) is 15.4. The van der Waals surface area contributed by atoms with Crippen molar-refractivity contribution in [2.24, 2.45) is 5.92 Å². The predicted molar refractivity (Wildman–Crippen MR) is 143 cm³/mol. The zero-order valence-electron chi connectivity index (χ0n) is 21.7. The lowest BCUT2D eigenvalue weighted by molar-refractivity contribution is -0.137. The number of fused-ring (bicyclic) bond motifs is 1. The Morgan fingerprint density at radius 2 is 1.80 bits per heavy atom. The quantitative estimate of drug-likeness (QED) is 0.534. The number of likely N-dealkylation sites (tertiary alicyclic amines) is 1. The molecule has 6 heteroatoms. The molecule has 0 spiro atoms. The summed E-state index contributed by atoms with van der Waals surface area (Å²) < 4.78 is 2.35. The summed E-state index contributed by atoms with van der Waals surface area (Å²) in [5.41, 5.74) is 6.18. The van der Waals surface area contributed by atoms with Crippen LogP contribution in [0.1, 0.15) is 49.7 Å². The van der Waals surface area contributed by atoms with Crippen LogP contribution in [0.5, 0.6) is 0 Å². The molecule has 35 heavy (non-hydrogen) atoms. The minimum Gasteiger partial charge on any atom is -0.368 e. The Bertz CT molecular complexity index is 1190. The zero-order valence-corrected chi connectivity index (χ0v) is 21.7. The number of anilines is 1. The molecule has 5 rings (SSSR count). The van der Waals surface area contributed by atoms with Gasteiger partial charge in [0.15, 0.2) is 0 Å². The molecule has 0 unspecified atom stereocenters. The third-order valence-corrected chi connectivity index (χ3v) is 7.69. The van der Waals surface area contributed by atoms with Gasteiger partial charge in [0.05, 0.1) is 23.5 Å². The van der Waals surface area contributed by atoms with Gasteiger partial charge in [-0.25, -0.2) is 4.98 Å². The van der Waals surface area contributed by atoms with Gasteiger partial charge in [-0.3, -0.25) is 9.69 Å². The molecule has 2 aromatic carbocycles. The van der Waals surface area contributed by atoms with Crippen molar-refractivity contribution in [2.75, 3.05) is 44.2 Å². The van der Waals surface area contributed by atoms with Crippen LogP contribution >= 0.6 is 0 Å². The number of imidazole rings is 1. The van der Waals surface area contributed by atoms with Crippen molar-refractivity contribution >= 4 is 22.6 Å². The standard InChI is InChI=1S/C29H39N5O/c1-21(2)34-27-10-6-5-9-25(27)30-28(34)20-31-13-7-8-24(19-31)29(35)33-16-14-32(15-17-33)26-12-11-22(3)18-23(26)4/h5-6,9-12,18,21,24H,7-8,13-17,19-20H2,1-4H3/t24-/m0/s1. The molecule has 0 saturated carbocycles. The van der Waals surface area contributed by atoms with Gasteiger partial charge in [0.25, 0.3) is 0 Å². The molecule has 1 aromatic heterocycles. The minimum absolute atomic E-state index is 0.0910. The third-order valence-electron chi connectivity index (χ3n) is 7.69. The van der Waals surface area contributed by atoms with Crippen molar-refractivity contribution in [2.45, 2.75) is 53.1 Å². The largest absolute Gasteiger partial charge is 0.368 e. The van der Waals surface area contributed by atoms with E-state index in [1.54, 1.807) is 0 Å². The molecule has 2 fully saturated rings. The fourth-order valence-corrected chi connectivity index (χ4v) is 5.97. The predicted octanol–water partition coefficient (Wildman–Crippen LogP) is 4.79. The number of aromatic nitrogens is 2. The molecule has 2 aliphatic rings. The van der Waals surface area contributed by atoms with Crippen LogP contribution in [0.25, 0.3) is 11.0 Å². The van der Waals surface area contributed by atoms with Crippen molar-refractivity contribution in [3.63, 3.8) is 0 Å². The molecule has 6 nitrogen and oxygen atoms in total. The van der Waals surface area contributed by atoms with Crippen molar-refractivity contribution in [3.8, 4) is 0 Å². The number of benzene rings is 2. The van der Waals surface area contributed by atoms with Crippen LogP contribution in [0.3, 0.4) is 0 Å². The first-order valence-corrected chi connectivity index (χ1v) is 13.2. The first-order chi connectivity index (χ1) is 16.9. The summed E-state index contributed by atoms with van der Waals surface area (Å²) in [7, 11) is 0. The Balaban J connectivity index is 1.22.